The molecule has 54 valence electrons. The summed E-state index contributed by atoms with van der Waals surface area (Å²) in [7, 11) is 0. The van der Waals surface area contributed by atoms with Gasteiger partial charge < -0.3 is 5.43 Å². The van der Waals surface area contributed by atoms with Crippen LogP contribution in [0.2, 0.25) is 0 Å². The first-order valence-electron chi connectivity index (χ1n) is 3.01. The average molecular weight is 201 g/mol. The Morgan fingerprint density at radius 2 is 2.20 bits per heavy atom. The zero-order chi connectivity index (χ0) is 7.40. The largest absolute Gasteiger partial charge is 0.312 e. The van der Waals surface area contributed by atoms with Gasteiger partial charge in [0.1, 0.15) is 0 Å². The first kappa shape index (κ1) is 7.57. The Hall–Kier alpha value is -0.540. The van der Waals surface area contributed by atoms with Gasteiger partial charge in [0.05, 0.1) is 0 Å². The van der Waals surface area contributed by atoms with E-state index in [1.54, 1.807) is 0 Å². The summed E-state index contributed by atoms with van der Waals surface area (Å²) in [5.74, 6) is 0. The Morgan fingerprint density at radius 3 is 2.80 bits per heavy atom. The molecule has 0 heterocycles. The predicted octanol–water partition coefficient (Wildman–Crippen LogP) is 2.22. The van der Waals surface area contributed by atoms with Crippen LogP contribution in [0.3, 0.4) is 0 Å². The van der Waals surface area contributed by atoms with Gasteiger partial charge in [0.2, 0.25) is 0 Å². The van der Waals surface area contributed by atoms with E-state index >= 15 is 0 Å². The van der Waals surface area contributed by atoms with Gasteiger partial charge in [-0.25, -0.2) is 0 Å². The van der Waals surface area contributed by atoms with E-state index in [0.29, 0.717) is 0 Å². The maximum Gasteiger partial charge on any atom is 0.0499 e. The van der Waals surface area contributed by atoms with Crippen LogP contribution in [0.25, 0.3) is 0 Å². The molecule has 1 aromatic carbocycles. The number of nitrogens with one attached hydrogen (secondary N) is 2. The van der Waals surface area contributed by atoms with Gasteiger partial charge in [-0.2, -0.15) is 4.45 Å². The van der Waals surface area contributed by atoms with Gasteiger partial charge in [-0.05, 0) is 24.6 Å². The van der Waals surface area contributed by atoms with Crippen LogP contribution >= 0.6 is 16.1 Å². The summed E-state index contributed by atoms with van der Waals surface area (Å²) in [6.07, 6.45) is 0. The van der Waals surface area contributed by atoms with Gasteiger partial charge in [-0.15, -0.1) is 0 Å². The lowest BCUT2D eigenvalue weighted by Gasteiger charge is -2.01. The summed E-state index contributed by atoms with van der Waals surface area (Å²) >= 11 is 3.05. The topological polar surface area (TPSA) is 24.1 Å². The zero-order valence-corrected chi connectivity index (χ0v) is 7.27. The van der Waals surface area contributed by atoms with Crippen LogP contribution in [0.5, 0.6) is 0 Å². The molecule has 0 radical (unpaired) electrons. The van der Waals surface area contributed by atoms with Crippen LogP contribution in [0.1, 0.15) is 5.56 Å². The molecular weight excluding hydrogens is 192 g/mol. The van der Waals surface area contributed by atoms with Crippen LogP contribution < -0.4 is 9.88 Å². The molecule has 0 aliphatic rings. The Balaban J connectivity index is 2.75. The summed E-state index contributed by atoms with van der Waals surface area (Å²) in [6, 6.07) is 8.09. The lowest BCUT2D eigenvalue weighted by atomic mass is 10.2. The lowest BCUT2D eigenvalue weighted by Crippen LogP contribution is -2.07. The third kappa shape index (κ3) is 2.01. The van der Waals surface area contributed by atoms with E-state index in [1.165, 1.54) is 5.56 Å². The lowest BCUT2D eigenvalue weighted by molar-refractivity contribution is 1.24. The molecule has 0 saturated heterocycles. The molecule has 2 nitrogen and oxygen atoms in total. The highest BCUT2D eigenvalue weighted by Gasteiger charge is 1.87. The number of rotatable bonds is 2. The number of hydrazine groups is 1. The molecule has 0 atom stereocenters. The molecule has 0 bridgehead atoms. The average Bonchev–Trinajstić information content (AvgIpc) is 1.88. The first-order chi connectivity index (χ1) is 4.83. The number of hydrogen-bond acceptors (Lipinski definition) is 2. The van der Waals surface area contributed by atoms with E-state index in [9.17, 15) is 0 Å². The Kier molecular flexibility index (Phi) is 2.71. The van der Waals surface area contributed by atoms with Crippen molar-refractivity contribution in [2.45, 2.75) is 6.92 Å². The van der Waals surface area contributed by atoms with E-state index in [-0.39, 0.29) is 0 Å². The maximum absolute atomic E-state index is 3.05. The van der Waals surface area contributed by atoms with E-state index in [4.69, 9.17) is 0 Å². The quantitative estimate of drug-likeness (QED) is 0.566. The Morgan fingerprint density at radius 1 is 1.40 bits per heavy atom. The first-order valence-corrected chi connectivity index (χ1v) is 3.80. The molecule has 0 unspecified atom stereocenters. The van der Waals surface area contributed by atoms with E-state index in [0.717, 1.165) is 5.69 Å². The third-order valence-corrected chi connectivity index (χ3v) is 1.41. The molecule has 3 heteroatoms. The monoisotopic (exact) mass is 200 g/mol. The summed E-state index contributed by atoms with van der Waals surface area (Å²) in [5, 5.41) is 0. The second-order valence-corrected chi connectivity index (χ2v) is 2.49. The van der Waals surface area contributed by atoms with Crippen molar-refractivity contribution in [3.63, 3.8) is 0 Å². The number of anilines is 1. The molecule has 0 aliphatic heterocycles. The van der Waals surface area contributed by atoms with Gasteiger partial charge in [0, 0.05) is 21.8 Å². The molecule has 1 aromatic rings. The molecule has 0 amide bonds. The van der Waals surface area contributed by atoms with Crippen molar-refractivity contribution in [2.75, 3.05) is 5.43 Å². The standard InChI is InChI=1S/C7H9BrN2/c1-6-3-2-4-7(5-6)9-10-8/h2-5,9-10H,1H3. The molecule has 0 aromatic heterocycles. The van der Waals surface area contributed by atoms with Gasteiger partial charge in [0.15, 0.2) is 0 Å². The highest BCUT2D eigenvalue weighted by atomic mass is 79.9. The maximum atomic E-state index is 3.05. The molecule has 1 rings (SSSR count). The summed E-state index contributed by atoms with van der Waals surface area (Å²) in [5.41, 5.74) is 5.21. The van der Waals surface area contributed by atoms with Crippen LogP contribution in [0.15, 0.2) is 24.3 Å². The predicted molar refractivity (Wildman–Crippen MR) is 46.9 cm³/mol. The molecule has 10 heavy (non-hydrogen) atoms. The fourth-order valence-electron chi connectivity index (χ4n) is 0.777. The van der Waals surface area contributed by atoms with Crippen LogP contribution in [0.4, 0.5) is 5.69 Å². The molecule has 0 fully saturated rings. The number of hydrogen-bond donors (Lipinski definition) is 2. The van der Waals surface area contributed by atoms with Crippen molar-refractivity contribution in [1.29, 1.82) is 0 Å². The number of aryl methyl sites for hydroxylation is 1. The van der Waals surface area contributed by atoms with Crippen molar-refractivity contribution in [3.8, 4) is 0 Å². The number of benzene rings is 1. The smallest absolute Gasteiger partial charge is 0.0499 e. The molecule has 0 saturated carbocycles. The number of halogens is 1. The van der Waals surface area contributed by atoms with Crippen molar-refractivity contribution < 1.29 is 0 Å². The summed E-state index contributed by atoms with van der Waals surface area (Å²) in [6.45, 7) is 2.05. The van der Waals surface area contributed by atoms with Crippen LogP contribution in [-0.2, 0) is 0 Å². The normalized spacial score (nSPS) is 9.40. The second kappa shape index (κ2) is 3.58. The van der Waals surface area contributed by atoms with E-state index in [2.05, 4.69) is 39.0 Å². The fourth-order valence-corrected chi connectivity index (χ4v) is 1.01. The Labute approximate surface area is 68.9 Å². The summed E-state index contributed by atoms with van der Waals surface area (Å²) in [4.78, 5) is 0. The van der Waals surface area contributed by atoms with Gasteiger partial charge >= 0.3 is 0 Å². The van der Waals surface area contributed by atoms with Crippen LogP contribution in [0, 0.1) is 6.92 Å². The van der Waals surface area contributed by atoms with Crippen LogP contribution in [-0.4, -0.2) is 0 Å². The van der Waals surface area contributed by atoms with E-state index < -0.39 is 0 Å². The highest BCUT2D eigenvalue weighted by molar-refractivity contribution is 9.08. The van der Waals surface area contributed by atoms with E-state index in [1.807, 2.05) is 18.2 Å². The van der Waals surface area contributed by atoms with Crippen molar-refractivity contribution in [3.05, 3.63) is 29.8 Å². The molecular formula is C7H9BrN2. The fraction of sp³-hybridized carbons (Fsp3) is 0.143. The molecule has 2 N–H and O–H groups in total. The minimum Gasteiger partial charge on any atom is -0.312 e. The third-order valence-electron chi connectivity index (χ3n) is 1.21. The van der Waals surface area contributed by atoms with Gasteiger partial charge in [-0.3, -0.25) is 0 Å². The second-order valence-electron chi connectivity index (χ2n) is 2.09. The summed E-state index contributed by atoms with van der Waals surface area (Å²) < 4.78 is 2.67. The molecule has 0 aliphatic carbocycles. The SMILES string of the molecule is Cc1cccc(NNBr)c1. The van der Waals surface area contributed by atoms with Crippen molar-refractivity contribution >= 4 is 21.8 Å². The van der Waals surface area contributed by atoms with Crippen molar-refractivity contribution in [1.82, 2.24) is 4.45 Å². The van der Waals surface area contributed by atoms with Gasteiger partial charge in [0.25, 0.3) is 0 Å². The minimum atomic E-state index is 1.05. The minimum absolute atomic E-state index is 1.05. The molecule has 0 spiro atoms. The highest BCUT2D eigenvalue weighted by Crippen LogP contribution is 2.07. The van der Waals surface area contributed by atoms with Gasteiger partial charge in [-0.1, -0.05) is 12.1 Å². The van der Waals surface area contributed by atoms with Crippen molar-refractivity contribution in [2.24, 2.45) is 0 Å². The Bertz CT molecular complexity index is 213. The zero-order valence-electron chi connectivity index (χ0n) is 5.69.